The van der Waals surface area contributed by atoms with Gasteiger partial charge in [-0.3, -0.25) is 0 Å². The monoisotopic (exact) mass is 771 g/mol. The minimum Gasteiger partial charge on any atom is -0.382 e. The number of methoxy groups -OCH3 is 2. The maximum absolute atomic E-state index is 6.34. The van der Waals surface area contributed by atoms with E-state index >= 15 is 0 Å². The molecule has 6 nitrogen and oxygen atoms in total. The Morgan fingerprint density at radius 3 is 1.54 bits per heavy atom. The molecule has 5 aliphatic carbocycles. The molecular formula is C47H86N2O4Si. The van der Waals surface area contributed by atoms with Crippen molar-refractivity contribution in [3.63, 3.8) is 0 Å². The Bertz CT molecular complexity index is 1050. The molecule has 0 radical (unpaired) electrons. The van der Waals surface area contributed by atoms with E-state index in [1.54, 1.807) is 39.9 Å². The molecule has 0 aromatic heterocycles. The summed E-state index contributed by atoms with van der Waals surface area (Å²) < 4.78 is 23.5. The Hall–Kier alpha value is -0.0231. The van der Waals surface area contributed by atoms with Crippen LogP contribution in [-0.2, 0) is 18.9 Å². The van der Waals surface area contributed by atoms with E-state index in [4.69, 9.17) is 18.9 Å². The maximum Gasteiger partial charge on any atom is 0.0969 e. The second-order valence-electron chi connectivity index (χ2n) is 20.5. The first-order valence-electron chi connectivity index (χ1n) is 24.1. The molecule has 8 atom stereocenters. The molecule has 2 N–H and O–H groups in total. The van der Waals surface area contributed by atoms with Gasteiger partial charge in [0.2, 0.25) is 0 Å². The van der Waals surface area contributed by atoms with E-state index in [1.807, 2.05) is 0 Å². The van der Waals surface area contributed by atoms with Crippen LogP contribution in [0.4, 0.5) is 0 Å². The molecule has 7 fully saturated rings. The van der Waals surface area contributed by atoms with Gasteiger partial charge in [-0.15, -0.1) is 0 Å². The van der Waals surface area contributed by atoms with Gasteiger partial charge in [-0.1, -0.05) is 84.5 Å². The third kappa shape index (κ3) is 9.08. The van der Waals surface area contributed by atoms with Gasteiger partial charge in [-0.25, -0.2) is 0 Å². The van der Waals surface area contributed by atoms with Crippen LogP contribution in [-0.4, -0.2) is 86.4 Å². The lowest BCUT2D eigenvalue weighted by Gasteiger charge is -2.59. The third-order valence-electron chi connectivity index (χ3n) is 18.1. The third-order valence-corrected chi connectivity index (χ3v) is 25.5. The fourth-order valence-electron chi connectivity index (χ4n) is 15.7. The van der Waals surface area contributed by atoms with Gasteiger partial charge in [-0.05, 0) is 148 Å². The summed E-state index contributed by atoms with van der Waals surface area (Å²) in [6, 6.07) is 0. The van der Waals surface area contributed by atoms with Gasteiger partial charge in [0.15, 0.2) is 0 Å². The minimum atomic E-state index is -1.69. The number of hydrogen-bond donors (Lipinski definition) is 2. The average molecular weight is 771 g/mol. The molecule has 0 amide bonds. The van der Waals surface area contributed by atoms with Crippen molar-refractivity contribution in [2.24, 2.45) is 52.8 Å². The molecule has 0 aromatic rings. The maximum atomic E-state index is 6.34. The molecule has 0 aromatic carbocycles. The van der Waals surface area contributed by atoms with Gasteiger partial charge in [-0.2, -0.15) is 0 Å². The largest absolute Gasteiger partial charge is 0.382 e. The summed E-state index contributed by atoms with van der Waals surface area (Å²) in [6.07, 6.45) is 32.2. The second kappa shape index (κ2) is 20.3. The fraction of sp³-hybridized carbons (Fsp3) is 1.00. The van der Waals surface area contributed by atoms with E-state index < -0.39 is 8.07 Å². The summed E-state index contributed by atoms with van der Waals surface area (Å²) >= 11 is 0. The first-order valence-corrected chi connectivity index (χ1v) is 26.4. The Morgan fingerprint density at radius 2 is 1.00 bits per heavy atom. The molecule has 8 unspecified atom stereocenters. The molecule has 0 bridgehead atoms. The number of ether oxygens (including phenoxy) is 4. The fourth-order valence-corrected chi connectivity index (χ4v) is 24.2. The number of fused-ring (bicyclic) bond motifs is 3. The van der Waals surface area contributed by atoms with Crippen molar-refractivity contribution >= 4 is 8.07 Å². The summed E-state index contributed by atoms with van der Waals surface area (Å²) in [7, 11) is 1.90. The van der Waals surface area contributed by atoms with E-state index in [2.05, 4.69) is 24.5 Å². The van der Waals surface area contributed by atoms with E-state index in [-0.39, 0.29) is 0 Å². The smallest absolute Gasteiger partial charge is 0.0969 e. The lowest BCUT2D eigenvalue weighted by atomic mass is 9.58. The standard InChI is InChI=1S/C47H86N2O4Si/c1-35-11-17-39(18-12-35)54(45-9-5-7-25-48-45,46-10-6-8-26-49-46)40-19-14-37(15-20-40)38-16-22-42-41-21-13-36(2)33-43(41)47(44(42)34-38,23-27-52-31-29-50-3)24-28-53-32-30-51-4/h35-46,48-49H,5-34H2,1-4H3. The molecule has 2 saturated heterocycles. The average Bonchev–Trinajstić information content (AvgIpc) is 3.47. The van der Waals surface area contributed by atoms with Crippen LogP contribution >= 0.6 is 0 Å². The van der Waals surface area contributed by atoms with Crippen molar-refractivity contribution in [2.45, 2.75) is 178 Å². The highest BCUT2D eigenvalue weighted by Gasteiger charge is 2.62. The van der Waals surface area contributed by atoms with Crippen LogP contribution in [0.3, 0.4) is 0 Å². The highest BCUT2D eigenvalue weighted by atomic mass is 28.3. The molecule has 0 spiro atoms. The van der Waals surface area contributed by atoms with E-state index in [0.717, 1.165) is 96.2 Å². The van der Waals surface area contributed by atoms with Crippen LogP contribution in [0.2, 0.25) is 11.1 Å². The lowest BCUT2D eigenvalue weighted by molar-refractivity contribution is -0.0313. The Labute approximate surface area is 333 Å². The van der Waals surface area contributed by atoms with Crippen LogP contribution in [0.5, 0.6) is 0 Å². The lowest BCUT2D eigenvalue weighted by Crippen LogP contribution is -2.73. The molecule has 7 rings (SSSR count). The van der Waals surface area contributed by atoms with Gasteiger partial charge in [0.25, 0.3) is 0 Å². The van der Waals surface area contributed by atoms with Crippen molar-refractivity contribution in [2.75, 3.05) is 67.0 Å². The van der Waals surface area contributed by atoms with Crippen molar-refractivity contribution in [1.82, 2.24) is 10.6 Å². The van der Waals surface area contributed by atoms with E-state index in [0.29, 0.717) is 18.6 Å². The summed E-state index contributed by atoms with van der Waals surface area (Å²) in [6.45, 7) is 12.3. The Balaban J connectivity index is 1.10. The quantitative estimate of drug-likeness (QED) is 0.114. The minimum absolute atomic E-state index is 0.361. The van der Waals surface area contributed by atoms with Crippen LogP contribution in [0.1, 0.15) is 155 Å². The van der Waals surface area contributed by atoms with Crippen molar-refractivity contribution in [3.8, 4) is 0 Å². The Kier molecular flexibility index (Phi) is 15.8. The second-order valence-corrected chi connectivity index (χ2v) is 25.6. The van der Waals surface area contributed by atoms with Crippen LogP contribution in [0.15, 0.2) is 0 Å². The van der Waals surface area contributed by atoms with Crippen molar-refractivity contribution in [3.05, 3.63) is 0 Å². The zero-order valence-corrected chi connectivity index (χ0v) is 36.8. The van der Waals surface area contributed by atoms with Crippen LogP contribution < -0.4 is 10.6 Å². The highest BCUT2D eigenvalue weighted by molar-refractivity contribution is 6.85. The zero-order valence-electron chi connectivity index (χ0n) is 35.8. The predicted molar refractivity (Wildman–Crippen MR) is 226 cm³/mol. The first kappa shape index (κ1) is 42.1. The van der Waals surface area contributed by atoms with Gasteiger partial charge in [0.05, 0.1) is 34.5 Å². The number of rotatable bonds is 17. The van der Waals surface area contributed by atoms with Gasteiger partial charge < -0.3 is 29.6 Å². The topological polar surface area (TPSA) is 61.0 Å². The summed E-state index contributed by atoms with van der Waals surface area (Å²) in [5, 5.41) is 8.69. The van der Waals surface area contributed by atoms with Gasteiger partial charge >= 0.3 is 0 Å². The number of hydrogen-bond acceptors (Lipinski definition) is 6. The molecular weight excluding hydrogens is 685 g/mol. The van der Waals surface area contributed by atoms with Gasteiger partial charge in [0, 0.05) is 38.8 Å². The van der Waals surface area contributed by atoms with Crippen LogP contribution in [0.25, 0.3) is 0 Å². The van der Waals surface area contributed by atoms with E-state index in [1.165, 1.54) is 129 Å². The summed E-state index contributed by atoms with van der Waals surface area (Å²) in [5.41, 5.74) is 4.15. The normalized spacial score (nSPS) is 41.1. The molecule has 7 heteroatoms. The summed E-state index contributed by atoms with van der Waals surface area (Å²) in [5.74, 6) is 7.23. The molecule has 7 aliphatic rings. The Morgan fingerprint density at radius 1 is 0.500 bits per heavy atom. The predicted octanol–water partition coefficient (Wildman–Crippen LogP) is 10.1. The van der Waals surface area contributed by atoms with Crippen molar-refractivity contribution in [1.29, 1.82) is 0 Å². The van der Waals surface area contributed by atoms with Crippen molar-refractivity contribution < 1.29 is 18.9 Å². The summed E-state index contributed by atoms with van der Waals surface area (Å²) in [4.78, 5) is 0. The number of piperidine rings is 2. The number of nitrogens with one attached hydrogen (secondary N) is 2. The molecule has 2 heterocycles. The highest BCUT2D eigenvalue weighted by Crippen LogP contribution is 2.68. The molecule has 54 heavy (non-hydrogen) atoms. The SMILES string of the molecule is COCCOCCC1(CCOCCOC)C2CC(C)CCC2C2CCC(C3CCC([Si](C4CCC(C)CC4)(C4CCCCN4)C4CCCCN4)CC3)CC21. The van der Waals surface area contributed by atoms with E-state index in [9.17, 15) is 0 Å². The molecule has 2 aliphatic heterocycles. The molecule has 5 saturated carbocycles. The van der Waals surface area contributed by atoms with Crippen LogP contribution in [0, 0.1) is 52.8 Å². The molecule has 312 valence electrons. The van der Waals surface area contributed by atoms with Gasteiger partial charge in [0.1, 0.15) is 0 Å². The zero-order chi connectivity index (χ0) is 37.4. The first-order chi connectivity index (χ1) is 26.5.